The number of likely N-dealkylation sites (tertiary alicyclic amines) is 4. The quantitative estimate of drug-likeness (QED) is 0.251. The van der Waals surface area contributed by atoms with Crippen LogP contribution in [0.3, 0.4) is 0 Å². The molecule has 5 aliphatic heterocycles. The average Bonchev–Trinajstić information content (AvgIpc) is 4.32. The first-order valence-corrected chi connectivity index (χ1v) is 29.4. The lowest BCUT2D eigenvalue weighted by Crippen LogP contribution is -2.44. The lowest BCUT2D eigenvalue weighted by Gasteiger charge is -2.38. The Morgan fingerprint density at radius 1 is 0.685 bits per heavy atom. The standard InChI is InChI=1S/C16H23NO.C13H20N2O.C13H23NO.C11H22FN.C9H18FN/c1-13(2)15-9-6-10-17(12-15)16(18)11-14-7-4-3-5-8-14;1-10(2)11-4-3-7-15(8-11)12(16)13(9-14)5-6-13;1-10(2)12-4-3-7-14(9-12)13(15)8-11-5-6-11;1-11(2,3)10-4-7-13(8-5-10)9-6-12;1-9(2,3)7-4-5-11-6-8(7)10/h3-5,7-8,13,15H,6,9-12H2,1-2H3;10-11H,3-8H2,1-2H3;10-12H,3-9H2,1-2H3;10H,4-9H2,1-3H3;7-8,11H,4-6H2,1-3H3/t15-;11-;12-;;/m111../s1. The number of halogens is 2. The highest BCUT2D eigenvalue weighted by molar-refractivity contribution is 5.88. The molecule has 5 saturated heterocycles. The summed E-state index contributed by atoms with van der Waals surface area (Å²) in [5, 5.41) is 12.1. The summed E-state index contributed by atoms with van der Waals surface area (Å²) >= 11 is 0. The summed E-state index contributed by atoms with van der Waals surface area (Å²) in [4.78, 5) is 44.7. The number of carbonyl (C=O) groups is 3. The van der Waals surface area contributed by atoms with Crippen LogP contribution in [0.15, 0.2) is 30.3 Å². The molecule has 0 aromatic heterocycles. The van der Waals surface area contributed by atoms with Gasteiger partial charge in [0.25, 0.3) is 0 Å². The highest BCUT2D eigenvalue weighted by Gasteiger charge is 2.53. The minimum absolute atomic E-state index is 0.0975. The van der Waals surface area contributed by atoms with Crippen molar-refractivity contribution in [2.45, 2.75) is 186 Å². The Bertz CT molecular complexity index is 1810. The van der Waals surface area contributed by atoms with Gasteiger partial charge in [-0.25, -0.2) is 8.78 Å². The number of alkyl halides is 2. The molecule has 5 atom stereocenters. The van der Waals surface area contributed by atoms with Crippen LogP contribution in [0.25, 0.3) is 0 Å². The van der Waals surface area contributed by atoms with E-state index in [-0.39, 0.29) is 29.8 Å². The summed E-state index contributed by atoms with van der Waals surface area (Å²) in [6.07, 6.45) is 15.5. The Kier molecular flexibility index (Phi) is 25.7. The number of hydrogen-bond donors (Lipinski definition) is 1. The average molecular weight is 1020 g/mol. The minimum atomic E-state index is -0.649. The number of hydrogen-bond acceptors (Lipinski definition) is 6. The van der Waals surface area contributed by atoms with Gasteiger partial charge in [0.2, 0.25) is 17.7 Å². The van der Waals surface area contributed by atoms with Crippen LogP contribution in [0.1, 0.15) is 179 Å². The van der Waals surface area contributed by atoms with Crippen molar-refractivity contribution in [2.75, 3.05) is 78.7 Å². The van der Waals surface area contributed by atoms with Gasteiger partial charge in [0, 0.05) is 58.8 Å². The van der Waals surface area contributed by atoms with Crippen LogP contribution in [-0.4, -0.2) is 122 Å². The summed E-state index contributed by atoms with van der Waals surface area (Å²) in [5.41, 5.74) is 1.05. The summed E-state index contributed by atoms with van der Waals surface area (Å²) < 4.78 is 25.3. The molecule has 2 saturated carbocycles. The van der Waals surface area contributed by atoms with Crippen LogP contribution in [0.5, 0.6) is 0 Å². The van der Waals surface area contributed by atoms with Crippen molar-refractivity contribution in [3.05, 3.63) is 35.9 Å². The molecule has 0 spiro atoms. The summed E-state index contributed by atoms with van der Waals surface area (Å²) in [7, 11) is 0. The molecule has 0 bridgehead atoms. The largest absolute Gasteiger partial charge is 0.342 e. The van der Waals surface area contributed by atoms with E-state index in [1.54, 1.807) is 0 Å². The molecular formula is C62H106F2N6O3. The van der Waals surface area contributed by atoms with Gasteiger partial charge in [0.15, 0.2) is 0 Å². The molecule has 11 heteroatoms. The van der Waals surface area contributed by atoms with Crippen LogP contribution in [0.4, 0.5) is 8.78 Å². The van der Waals surface area contributed by atoms with Gasteiger partial charge in [0.1, 0.15) is 18.3 Å². The molecule has 73 heavy (non-hydrogen) atoms. The molecule has 2 unspecified atom stereocenters. The first kappa shape index (κ1) is 62.4. The first-order chi connectivity index (χ1) is 34.5. The smallest absolute Gasteiger partial charge is 0.243 e. The van der Waals surface area contributed by atoms with Gasteiger partial charge in [-0.2, -0.15) is 5.26 Å². The van der Waals surface area contributed by atoms with Gasteiger partial charge in [-0.3, -0.25) is 14.4 Å². The minimum Gasteiger partial charge on any atom is -0.342 e. The number of amides is 3. The maximum absolute atomic E-state index is 13.3. The summed E-state index contributed by atoms with van der Waals surface area (Å²) in [5.74, 6) is 6.66. The molecule has 1 aromatic rings. The number of benzene rings is 1. The molecule has 5 heterocycles. The van der Waals surface area contributed by atoms with Crippen molar-refractivity contribution >= 4 is 17.7 Å². The zero-order chi connectivity index (χ0) is 53.9. The van der Waals surface area contributed by atoms with E-state index in [4.69, 9.17) is 5.26 Å². The fourth-order valence-electron chi connectivity index (χ4n) is 11.6. The number of piperidine rings is 5. The zero-order valence-electron chi connectivity index (χ0n) is 48.5. The van der Waals surface area contributed by atoms with E-state index in [0.29, 0.717) is 54.5 Å². The van der Waals surface area contributed by atoms with Crippen LogP contribution >= 0.6 is 0 Å². The number of nitrogens with one attached hydrogen (secondary N) is 1. The van der Waals surface area contributed by atoms with Gasteiger partial charge >= 0.3 is 0 Å². The third kappa shape index (κ3) is 21.5. The normalized spacial score (nSPS) is 25.6. The van der Waals surface area contributed by atoms with Gasteiger partial charge in [-0.15, -0.1) is 0 Å². The number of rotatable bonds is 10. The predicted molar refractivity (Wildman–Crippen MR) is 297 cm³/mol. The molecule has 9 nitrogen and oxygen atoms in total. The van der Waals surface area contributed by atoms with Gasteiger partial charge in [-0.05, 0) is 173 Å². The Morgan fingerprint density at radius 3 is 1.59 bits per heavy atom. The fourth-order valence-corrected chi connectivity index (χ4v) is 11.6. The molecule has 1 aromatic carbocycles. The van der Waals surface area contributed by atoms with Crippen LogP contribution in [0.2, 0.25) is 0 Å². The topological polar surface area (TPSA) is 100.0 Å². The second kappa shape index (κ2) is 30.0. The molecule has 416 valence electrons. The summed E-state index contributed by atoms with van der Waals surface area (Å²) in [6.45, 7) is 36.6. The van der Waals surface area contributed by atoms with Crippen LogP contribution < -0.4 is 5.32 Å². The number of nitrogens with zero attached hydrogens (tertiary/aromatic N) is 5. The van der Waals surface area contributed by atoms with Crippen molar-refractivity contribution in [1.29, 1.82) is 5.26 Å². The monoisotopic (exact) mass is 1020 g/mol. The van der Waals surface area contributed by atoms with Crippen molar-refractivity contribution < 1.29 is 23.2 Å². The third-order valence-corrected chi connectivity index (χ3v) is 17.7. The van der Waals surface area contributed by atoms with Gasteiger partial charge < -0.3 is 24.9 Å². The highest BCUT2D eigenvalue weighted by Crippen LogP contribution is 2.47. The first-order valence-electron chi connectivity index (χ1n) is 29.4. The Morgan fingerprint density at radius 2 is 1.18 bits per heavy atom. The molecule has 3 amide bonds. The van der Waals surface area contributed by atoms with E-state index >= 15 is 0 Å². The van der Waals surface area contributed by atoms with Crippen molar-refractivity contribution in [2.24, 2.45) is 69.5 Å². The van der Waals surface area contributed by atoms with E-state index in [2.05, 4.69) is 109 Å². The maximum Gasteiger partial charge on any atom is 0.243 e. The second-order valence-corrected chi connectivity index (χ2v) is 26.5. The molecule has 7 fully saturated rings. The van der Waals surface area contributed by atoms with Gasteiger partial charge in [0.05, 0.1) is 12.5 Å². The molecule has 8 rings (SSSR count). The molecule has 2 aliphatic carbocycles. The van der Waals surface area contributed by atoms with E-state index in [9.17, 15) is 23.2 Å². The number of nitriles is 1. The lowest BCUT2D eigenvalue weighted by molar-refractivity contribution is -0.137. The Labute approximate surface area is 445 Å². The Balaban J connectivity index is 0.000000200. The predicted octanol–water partition coefficient (Wildman–Crippen LogP) is 12.7. The highest BCUT2D eigenvalue weighted by atomic mass is 19.1. The van der Waals surface area contributed by atoms with Crippen molar-refractivity contribution in [1.82, 2.24) is 24.9 Å². The van der Waals surface area contributed by atoms with E-state index < -0.39 is 11.6 Å². The lowest BCUT2D eigenvalue weighted by atomic mass is 9.75. The zero-order valence-corrected chi connectivity index (χ0v) is 48.5. The maximum atomic E-state index is 13.3. The third-order valence-electron chi connectivity index (χ3n) is 17.7. The molecular weight excluding hydrogens is 915 g/mol. The molecule has 0 radical (unpaired) electrons. The van der Waals surface area contributed by atoms with Crippen molar-refractivity contribution in [3.8, 4) is 6.07 Å². The molecule has 7 aliphatic rings. The van der Waals surface area contributed by atoms with Crippen LogP contribution in [0, 0.1) is 80.8 Å². The fraction of sp³-hybridized carbons (Fsp3) is 0.839. The van der Waals surface area contributed by atoms with Crippen molar-refractivity contribution in [3.63, 3.8) is 0 Å². The summed E-state index contributed by atoms with van der Waals surface area (Å²) in [6, 6.07) is 12.2. The number of carbonyl (C=O) groups excluding carboxylic acids is 3. The van der Waals surface area contributed by atoms with E-state index in [1.165, 1.54) is 51.4 Å². The molecule has 1 N–H and O–H groups in total. The van der Waals surface area contributed by atoms with E-state index in [1.807, 2.05) is 35.2 Å². The van der Waals surface area contributed by atoms with E-state index in [0.717, 1.165) is 127 Å². The van der Waals surface area contributed by atoms with Crippen LogP contribution in [-0.2, 0) is 20.8 Å². The second-order valence-electron chi connectivity index (χ2n) is 26.5. The Hall–Kier alpha value is -3.10. The van der Waals surface area contributed by atoms with Gasteiger partial charge in [-0.1, -0.05) is 113 Å². The SMILES string of the molecule is CC(C)(C)C1CCN(CCF)CC1.CC(C)(C)C1CCNCC1F.CC(C)[C@@H]1CCCN(C(=O)C2(C#N)CC2)C1.CC(C)[C@@H]1CCCN(C(=O)CC2CC2)C1.CC(C)[C@@H]1CCCN(C(=O)Cc2ccccc2)C1.